The zero-order chi connectivity index (χ0) is 19.9. The number of aromatic nitrogens is 1. The third kappa shape index (κ3) is 3.29. The van der Waals surface area contributed by atoms with Gasteiger partial charge in [-0.3, -0.25) is 4.98 Å². The van der Waals surface area contributed by atoms with Crippen LogP contribution < -0.4 is 5.73 Å². The lowest BCUT2D eigenvalue weighted by Gasteiger charge is -2.33. The van der Waals surface area contributed by atoms with Gasteiger partial charge >= 0.3 is 0 Å². The molecule has 10 heteroatoms. The Hall–Kier alpha value is -2.72. The first-order chi connectivity index (χ1) is 13.3. The summed E-state index contributed by atoms with van der Waals surface area (Å²) >= 11 is 1.46. The molecule has 0 saturated heterocycles. The fraction of sp³-hybridized carbons (Fsp3) is 0.278. The van der Waals surface area contributed by atoms with Gasteiger partial charge in [0.15, 0.2) is 6.40 Å². The van der Waals surface area contributed by atoms with Gasteiger partial charge in [0.1, 0.15) is 12.1 Å². The van der Waals surface area contributed by atoms with Crippen molar-refractivity contribution in [3.63, 3.8) is 0 Å². The van der Waals surface area contributed by atoms with Crippen LogP contribution >= 0.6 is 11.3 Å². The molecule has 0 unspecified atom stereocenters. The van der Waals surface area contributed by atoms with Crippen molar-refractivity contribution >= 4 is 39.3 Å². The molecule has 0 fully saturated rings. The summed E-state index contributed by atoms with van der Waals surface area (Å²) in [5, 5.41) is 1.97. The zero-order valence-corrected chi connectivity index (χ0v) is 17.0. The monoisotopic (exact) mass is 417 g/mol. The van der Waals surface area contributed by atoms with Gasteiger partial charge in [-0.2, -0.15) is 0 Å². The second kappa shape index (κ2) is 6.71. The number of guanidine groups is 1. The van der Waals surface area contributed by atoms with E-state index in [-0.39, 0.29) is 11.7 Å². The van der Waals surface area contributed by atoms with E-state index in [1.54, 1.807) is 25.5 Å². The molecule has 2 aliphatic heterocycles. The van der Waals surface area contributed by atoms with Crippen molar-refractivity contribution in [2.75, 3.05) is 19.4 Å². The summed E-state index contributed by atoms with van der Waals surface area (Å²) in [5.41, 5.74) is 8.67. The number of ether oxygens (including phenoxy) is 1. The van der Waals surface area contributed by atoms with Crippen molar-refractivity contribution in [1.82, 2.24) is 9.29 Å². The molecular formula is C18H19N5O3S2. The first kappa shape index (κ1) is 18.6. The van der Waals surface area contributed by atoms with Crippen molar-refractivity contribution in [2.24, 2.45) is 15.7 Å². The highest BCUT2D eigenvalue weighted by Crippen LogP contribution is 2.38. The largest absolute Gasteiger partial charge is 0.478 e. The maximum atomic E-state index is 12.4. The molecule has 1 atom stereocenters. The van der Waals surface area contributed by atoms with Crippen LogP contribution in [-0.4, -0.2) is 49.5 Å². The third-order valence-corrected chi connectivity index (χ3v) is 7.87. The minimum atomic E-state index is -3.51. The van der Waals surface area contributed by atoms with E-state index in [0.717, 1.165) is 31.4 Å². The van der Waals surface area contributed by atoms with Crippen LogP contribution in [0.15, 0.2) is 46.1 Å². The van der Waals surface area contributed by atoms with Crippen molar-refractivity contribution in [3.05, 3.63) is 46.5 Å². The van der Waals surface area contributed by atoms with E-state index >= 15 is 0 Å². The number of nitrogens with zero attached hydrogens (tertiary/aromatic N) is 4. The quantitative estimate of drug-likeness (QED) is 0.821. The molecular weight excluding hydrogens is 398 g/mol. The molecule has 0 aromatic carbocycles. The summed E-state index contributed by atoms with van der Waals surface area (Å²) in [7, 11) is -2.09. The molecule has 28 heavy (non-hydrogen) atoms. The predicted molar refractivity (Wildman–Crippen MR) is 110 cm³/mol. The van der Waals surface area contributed by atoms with Crippen LogP contribution in [0.3, 0.4) is 0 Å². The Morgan fingerprint density at radius 1 is 1.25 bits per heavy atom. The molecule has 4 heterocycles. The molecule has 2 aliphatic rings. The SMILES string of the molecule is CN1C(N)=N[C@](C)(c2cc(-c3cncc(C4=CN=COC4)c3)cs2)CS1(=O)=O. The second-order valence-electron chi connectivity index (χ2n) is 6.85. The zero-order valence-electron chi connectivity index (χ0n) is 15.4. The maximum absolute atomic E-state index is 12.4. The minimum Gasteiger partial charge on any atom is -0.478 e. The molecule has 146 valence electrons. The smallest absolute Gasteiger partial charge is 0.239 e. The van der Waals surface area contributed by atoms with Crippen molar-refractivity contribution in [2.45, 2.75) is 12.5 Å². The molecule has 0 amide bonds. The van der Waals surface area contributed by atoms with Gasteiger partial charge in [0.2, 0.25) is 16.0 Å². The van der Waals surface area contributed by atoms with Gasteiger partial charge in [0.05, 0.1) is 5.75 Å². The van der Waals surface area contributed by atoms with Gasteiger partial charge in [-0.05, 0) is 30.0 Å². The Morgan fingerprint density at radius 3 is 2.75 bits per heavy atom. The van der Waals surface area contributed by atoms with E-state index in [2.05, 4.69) is 15.0 Å². The molecule has 2 N–H and O–H groups in total. The second-order valence-corrected chi connectivity index (χ2v) is 9.76. The van der Waals surface area contributed by atoms with Gasteiger partial charge in [0, 0.05) is 47.2 Å². The fourth-order valence-corrected chi connectivity index (χ4v) is 5.67. The number of aliphatic imine (C=N–C) groups is 2. The molecule has 0 spiro atoms. The molecule has 2 aromatic heterocycles. The highest BCUT2D eigenvalue weighted by molar-refractivity contribution is 7.89. The van der Waals surface area contributed by atoms with Gasteiger partial charge in [-0.1, -0.05) is 0 Å². The Balaban J connectivity index is 1.69. The lowest BCUT2D eigenvalue weighted by Crippen LogP contribution is -2.50. The number of hydrogen-bond donors (Lipinski definition) is 1. The highest BCUT2D eigenvalue weighted by Gasteiger charge is 2.41. The van der Waals surface area contributed by atoms with Gasteiger partial charge in [0.25, 0.3) is 0 Å². The van der Waals surface area contributed by atoms with E-state index < -0.39 is 15.6 Å². The maximum Gasteiger partial charge on any atom is 0.239 e. The van der Waals surface area contributed by atoms with Crippen LogP contribution in [0.4, 0.5) is 0 Å². The van der Waals surface area contributed by atoms with E-state index in [0.29, 0.717) is 6.61 Å². The van der Waals surface area contributed by atoms with Crippen LogP contribution in [0.1, 0.15) is 17.4 Å². The average Bonchev–Trinajstić information content (AvgIpc) is 3.18. The summed E-state index contributed by atoms with van der Waals surface area (Å²) in [4.78, 5) is 13.6. The topological polar surface area (TPSA) is 110 Å². The molecule has 8 nitrogen and oxygen atoms in total. The Labute approximate surface area is 167 Å². The Bertz CT molecular complexity index is 1120. The van der Waals surface area contributed by atoms with Gasteiger partial charge < -0.3 is 10.5 Å². The van der Waals surface area contributed by atoms with Crippen LogP contribution in [0, 0.1) is 0 Å². The van der Waals surface area contributed by atoms with Crippen LogP contribution in [0.25, 0.3) is 16.7 Å². The van der Waals surface area contributed by atoms with E-state index in [9.17, 15) is 8.42 Å². The van der Waals surface area contributed by atoms with Gasteiger partial charge in [-0.25, -0.2) is 22.7 Å². The first-order valence-electron chi connectivity index (χ1n) is 8.47. The molecule has 0 saturated carbocycles. The van der Waals surface area contributed by atoms with Crippen LogP contribution in [-0.2, 0) is 20.3 Å². The van der Waals surface area contributed by atoms with Gasteiger partial charge in [-0.15, -0.1) is 11.3 Å². The van der Waals surface area contributed by atoms with E-state index in [1.807, 2.05) is 17.5 Å². The average molecular weight is 418 g/mol. The minimum absolute atomic E-state index is 0.00263. The van der Waals surface area contributed by atoms with Crippen LogP contribution in [0.2, 0.25) is 0 Å². The van der Waals surface area contributed by atoms with Crippen LogP contribution in [0.5, 0.6) is 0 Å². The van der Waals surface area contributed by atoms with E-state index in [4.69, 9.17) is 10.5 Å². The number of sulfonamides is 1. The summed E-state index contributed by atoms with van der Waals surface area (Å²) in [5.74, 6) is -0.130. The Morgan fingerprint density at radius 2 is 2.04 bits per heavy atom. The number of pyridine rings is 1. The summed E-state index contributed by atoms with van der Waals surface area (Å²) in [6.45, 7) is 2.23. The fourth-order valence-electron chi connectivity index (χ4n) is 3.11. The van der Waals surface area contributed by atoms with Crippen molar-refractivity contribution < 1.29 is 13.2 Å². The number of rotatable bonds is 3. The summed E-state index contributed by atoms with van der Waals surface area (Å²) in [6, 6.07) is 3.97. The lowest BCUT2D eigenvalue weighted by atomic mass is 10.0. The number of nitrogens with two attached hydrogens (primary N) is 1. The normalized spacial score (nSPS) is 23.7. The Kier molecular flexibility index (Phi) is 4.47. The summed E-state index contributed by atoms with van der Waals surface area (Å²) < 4.78 is 31.1. The number of hydrogen-bond acceptors (Lipinski definition) is 8. The lowest BCUT2D eigenvalue weighted by molar-refractivity contribution is 0.370. The van der Waals surface area contributed by atoms with E-state index in [1.165, 1.54) is 24.8 Å². The van der Waals surface area contributed by atoms with Crippen molar-refractivity contribution in [3.8, 4) is 11.1 Å². The summed E-state index contributed by atoms with van der Waals surface area (Å²) in [6.07, 6.45) is 6.70. The molecule has 0 radical (unpaired) electrons. The molecule has 0 aliphatic carbocycles. The highest BCUT2D eigenvalue weighted by atomic mass is 32.2. The molecule has 2 aromatic rings. The first-order valence-corrected chi connectivity index (χ1v) is 11.0. The predicted octanol–water partition coefficient (Wildman–Crippen LogP) is 2.01. The molecule has 4 rings (SSSR count). The number of thiophene rings is 1. The third-order valence-electron chi connectivity index (χ3n) is 4.74. The van der Waals surface area contributed by atoms with Crippen molar-refractivity contribution in [1.29, 1.82) is 0 Å². The standard InChI is InChI=1S/C18H19N5O3S2/c1-18(10-28(24,25)23(2)17(19)22-18)16-4-14(9-27-16)12-3-13(6-20-5-12)15-7-21-11-26-8-15/h3-7,9,11H,8,10H2,1-2H3,(H2,19,22)/t18-/m0/s1. The molecule has 0 bridgehead atoms.